The zero-order chi connectivity index (χ0) is 27.6. The maximum atomic E-state index is 12.9. The van der Waals surface area contributed by atoms with Crippen molar-refractivity contribution in [1.82, 2.24) is 5.32 Å². The van der Waals surface area contributed by atoms with Crippen LogP contribution in [0.5, 0.6) is 5.75 Å². The maximum absolute atomic E-state index is 12.9. The number of carbonyl (C=O) groups excluding carboxylic acids is 2. The maximum Gasteiger partial charge on any atom is 0.407 e. The Kier molecular flexibility index (Phi) is 9.79. The molecule has 6 nitrogen and oxygen atoms in total. The highest BCUT2D eigenvalue weighted by Gasteiger charge is 2.30. The average Bonchev–Trinajstić information content (AvgIpc) is 3.29. The van der Waals surface area contributed by atoms with Crippen molar-refractivity contribution in [2.24, 2.45) is 5.92 Å². The Balaban J connectivity index is 1.31. The number of carbonyl (C=O) groups is 2. The monoisotopic (exact) mass is 527 g/mol. The predicted octanol–water partition coefficient (Wildman–Crippen LogP) is 7.03. The molecule has 2 atom stereocenters. The van der Waals surface area contributed by atoms with E-state index in [0.29, 0.717) is 18.9 Å². The summed E-state index contributed by atoms with van der Waals surface area (Å²) in [5.74, 6) is 0.705. The summed E-state index contributed by atoms with van der Waals surface area (Å²) in [7, 11) is 0. The first-order chi connectivity index (χ1) is 19.0. The van der Waals surface area contributed by atoms with Crippen LogP contribution in [0.1, 0.15) is 56.2 Å². The van der Waals surface area contributed by atoms with Gasteiger partial charge in [0.1, 0.15) is 25.0 Å². The highest BCUT2D eigenvalue weighted by Crippen LogP contribution is 2.44. The molecule has 0 aromatic heterocycles. The number of amides is 1. The number of nitrogens with one attached hydrogen (secondary N) is 1. The van der Waals surface area contributed by atoms with Crippen molar-refractivity contribution in [2.75, 3.05) is 13.2 Å². The molecule has 1 aliphatic rings. The van der Waals surface area contributed by atoms with Gasteiger partial charge in [0.2, 0.25) is 0 Å². The Hall–Kier alpha value is -4.06. The number of esters is 1. The molecule has 0 bridgehead atoms. The summed E-state index contributed by atoms with van der Waals surface area (Å²) in [6.07, 6.45) is 4.37. The van der Waals surface area contributed by atoms with E-state index in [9.17, 15) is 9.59 Å². The molecule has 1 amide bonds. The van der Waals surface area contributed by atoms with Crippen LogP contribution in [-0.4, -0.2) is 31.3 Å². The van der Waals surface area contributed by atoms with Crippen LogP contribution in [0.15, 0.2) is 84.9 Å². The van der Waals surface area contributed by atoms with E-state index in [1.54, 1.807) is 0 Å². The molecule has 0 heterocycles. The van der Waals surface area contributed by atoms with Crippen molar-refractivity contribution in [3.05, 3.63) is 102 Å². The molecule has 4 rings (SSSR count). The fraction of sp³-hybridized carbons (Fsp3) is 0.333. The van der Waals surface area contributed by atoms with Gasteiger partial charge in [-0.2, -0.15) is 0 Å². The van der Waals surface area contributed by atoms with Crippen molar-refractivity contribution < 1.29 is 23.8 Å². The van der Waals surface area contributed by atoms with Gasteiger partial charge in [-0.25, -0.2) is 9.59 Å². The standard InChI is InChI=1S/C33H37NO5/c1-4-6-15-31(32(35)38-21-24-16-18-25(19-17-24)37-20-23(3)5-2)34-33(36)39-22-30-28-13-9-7-11-26(28)27-12-8-10-14-29(27)30/h4,6-14,16-19,23,30-31H,5,15,20-22H2,1-3H3,(H,34,36)/b6-4-/t23?,31-/m0/s1. The number of rotatable bonds is 12. The van der Waals surface area contributed by atoms with Crippen molar-refractivity contribution in [2.45, 2.75) is 52.2 Å². The summed E-state index contributed by atoms with van der Waals surface area (Å²) in [4.78, 5) is 25.6. The summed E-state index contributed by atoms with van der Waals surface area (Å²) in [5, 5.41) is 2.69. The van der Waals surface area contributed by atoms with Crippen LogP contribution in [0.4, 0.5) is 4.79 Å². The average molecular weight is 528 g/mol. The molecule has 0 spiro atoms. The Morgan fingerprint density at radius 2 is 1.56 bits per heavy atom. The molecule has 39 heavy (non-hydrogen) atoms. The molecule has 0 aliphatic heterocycles. The normalized spacial score (nSPS) is 13.8. The minimum Gasteiger partial charge on any atom is -0.493 e. The number of ether oxygens (including phenoxy) is 3. The van der Waals surface area contributed by atoms with E-state index in [1.807, 2.05) is 67.6 Å². The van der Waals surface area contributed by atoms with Gasteiger partial charge < -0.3 is 19.5 Å². The van der Waals surface area contributed by atoms with Crippen LogP contribution in [0, 0.1) is 5.92 Å². The Morgan fingerprint density at radius 1 is 0.923 bits per heavy atom. The van der Waals surface area contributed by atoms with Crippen LogP contribution in [0.2, 0.25) is 0 Å². The first-order valence-corrected chi connectivity index (χ1v) is 13.6. The molecule has 204 valence electrons. The molecule has 0 saturated carbocycles. The zero-order valence-corrected chi connectivity index (χ0v) is 22.9. The Morgan fingerprint density at radius 3 is 2.18 bits per heavy atom. The molecule has 1 aliphatic carbocycles. The minimum absolute atomic E-state index is 0.0544. The molecule has 1 N–H and O–H groups in total. The molecular weight excluding hydrogens is 490 g/mol. The molecule has 6 heteroatoms. The van der Waals surface area contributed by atoms with Gasteiger partial charge in [-0.15, -0.1) is 0 Å². The van der Waals surface area contributed by atoms with E-state index < -0.39 is 18.1 Å². The first-order valence-electron chi connectivity index (χ1n) is 13.6. The fourth-order valence-corrected chi connectivity index (χ4v) is 4.56. The van der Waals surface area contributed by atoms with E-state index in [-0.39, 0.29) is 19.1 Å². The molecular formula is C33H37NO5. The second kappa shape index (κ2) is 13.7. The lowest BCUT2D eigenvalue weighted by molar-refractivity contribution is -0.147. The van der Waals surface area contributed by atoms with E-state index in [1.165, 1.54) is 0 Å². The number of allylic oxidation sites excluding steroid dienone is 1. The van der Waals surface area contributed by atoms with E-state index >= 15 is 0 Å². The molecule has 0 saturated heterocycles. The van der Waals surface area contributed by atoms with Gasteiger partial charge >= 0.3 is 12.1 Å². The molecule has 3 aromatic rings. The second-order valence-electron chi connectivity index (χ2n) is 9.90. The molecule has 1 unspecified atom stereocenters. The smallest absolute Gasteiger partial charge is 0.407 e. The van der Waals surface area contributed by atoms with Gasteiger partial charge in [0, 0.05) is 5.92 Å². The van der Waals surface area contributed by atoms with Crippen molar-refractivity contribution in [3.8, 4) is 16.9 Å². The van der Waals surface area contributed by atoms with Crippen molar-refractivity contribution in [1.29, 1.82) is 0 Å². The van der Waals surface area contributed by atoms with Gasteiger partial charge in [0.15, 0.2) is 0 Å². The quantitative estimate of drug-likeness (QED) is 0.202. The molecule has 0 radical (unpaired) electrons. The van der Waals surface area contributed by atoms with Crippen LogP contribution in [0.3, 0.4) is 0 Å². The summed E-state index contributed by atoms with van der Waals surface area (Å²) in [6, 6.07) is 23.0. The minimum atomic E-state index is -0.852. The first kappa shape index (κ1) is 28.0. The highest BCUT2D eigenvalue weighted by atomic mass is 16.6. The van der Waals surface area contributed by atoms with Crippen LogP contribution >= 0.6 is 0 Å². The summed E-state index contributed by atoms with van der Waals surface area (Å²) in [5.41, 5.74) is 5.42. The Labute approximate surface area is 231 Å². The number of benzene rings is 3. The summed E-state index contributed by atoms with van der Waals surface area (Å²) < 4.78 is 16.9. The summed E-state index contributed by atoms with van der Waals surface area (Å²) in [6.45, 7) is 7.09. The van der Waals surface area contributed by atoms with Gasteiger partial charge in [-0.1, -0.05) is 93.1 Å². The third-order valence-corrected chi connectivity index (χ3v) is 7.06. The zero-order valence-electron chi connectivity index (χ0n) is 22.9. The lowest BCUT2D eigenvalue weighted by Crippen LogP contribution is -2.42. The number of hydrogen-bond acceptors (Lipinski definition) is 5. The highest BCUT2D eigenvalue weighted by molar-refractivity contribution is 5.82. The largest absolute Gasteiger partial charge is 0.493 e. The van der Waals surface area contributed by atoms with Gasteiger partial charge in [0.05, 0.1) is 6.61 Å². The van der Waals surface area contributed by atoms with E-state index in [4.69, 9.17) is 14.2 Å². The third kappa shape index (κ3) is 7.29. The van der Waals surface area contributed by atoms with E-state index in [0.717, 1.165) is 40.0 Å². The third-order valence-electron chi connectivity index (χ3n) is 7.06. The SMILES string of the molecule is C/C=C\C[C@H](NC(=O)OCC1c2ccccc2-c2ccccc21)C(=O)OCc1ccc(OCC(C)CC)cc1. The van der Waals surface area contributed by atoms with Crippen LogP contribution in [-0.2, 0) is 20.9 Å². The topological polar surface area (TPSA) is 73.9 Å². The Bertz CT molecular complexity index is 1240. The van der Waals surface area contributed by atoms with Crippen molar-refractivity contribution >= 4 is 12.1 Å². The molecule has 3 aromatic carbocycles. The fourth-order valence-electron chi connectivity index (χ4n) is 4.56. The summed E-state index contributed by atoms with van der Waals surface area (Å²) >= 11 is 0. The predicted molar refractivity (Wildman–Crippen MR) is 153 cm³/mol. The lowest BCUT2D eigenvalue weighted by Gasteiger charge is -2.18. The lowest BCUT2D eigenvalue weighted by atomic mass is 9.98. The van der Waals surface area contributed by atoms with Crippen LogP contribution in [0.25, 0.3) is 11.1 Å². The molecule has 0 fully saturated rings. The van der Waals surface area contributed by atoms with Gasteiger partial charge in [-0.05, 0) is 59.2 Å². The number of alkyl carbamates (subject to hydrolysis) is 1. The number of hydrogen-bond donors (Lipinski definition) is 1. The second-order valence-corrected chi connectivity index (χ2v) is 9.90. The van der Waals surface area contributed by atoms with Gasteiger partial charge in [0.25, 0.3) is 0 Å². The van der Waals surface area contributed by atoms with Crippen LogP contribution < -0.4 is 10.1 Å². The van der Waals surface area contributed by atoms with E-state index in [2.05, 4.69) is 43.4 Å². The van der Waals surface area contributed by atoms with Crippen molar-refractivity contribution in [3.63, 3.8) is 0 Å². The van der Waals surface area contributed by atoms with Gasteiger partial charge in [-0.3, -0.25) is 0 Å². The number of fused-ring (bicyclic) bond motifs is 3.